The quantitative estimate of drug-likeness (QED) is 0.472. The number of halogens is 2. The summed E-state index contributed by atoms with van der Waals surface area (Å²) in [5.74, 6) is 0.00836. The average molecular weight is 540 g/mol. The lowest BCUT2D eigenvalue weighted by atomic mass is 9.88. The van der Waals surface area contributed by atoms with E-state index in [0.29, 0.717) is 23.6 Å². The van der Waals surface area contributed by atoms with Gasteiger partial charge < -0.3 is 15.2 Å². The summed E-state index contributed by atoms with van der Waals surface area (Å²) < 4.78 is 86.0. The highest BCUT2D eigenvalue weighted by atomic mass is 32.3. The Morgan fingerprint density at radius 1 is 0.972 bits per heavy atom. The predicted molar refractivity (Wildman–Crippen MR) is 128 cm³/mol. The molecule has 36 heavy (non-hydrogen) atoms. The van der Waals surface area contributed by atoms with E-state index < -0.39 is 47.8 Å². The van der Waals surface area contributed by atoms with Crippen LogP contribution in [0.5, 0.6) is 11.5 Å². The highest BCUT2D eigenvalue weighted by Gasteiger charge is 2.57. The van der Waals surface area contributed by atoms with Gasteiger partial charge in [-0.2, -0.15) is 25.6 Å². The van der Waals surface area contributed by atoms with Crippen molar-refractivity contribution in [3.8, 4) is 22.6 Å². The van der Waals surface area contributed by atoms with E-state index in [-0.39, 0.29) is 22.6 Å². The van der Waals surface area contributed by atoms with Gasteiger partial charge in [-0.25, -0.2) is 4.79 Å². The van der Waals surface area contributed by atoms with E-state index in [9.17, 15) is 30.4 Å². The van der Waals surface area contributed by atoms with E-state index in [2.05, 4.69) is 4.74 Å². The number of amides is 2. The number of ether oxygens (including phenoxy) is 2. The zero-order chi connectivity index (χ0) is 26.5. The summed E-state index contributed by atoms with van der Waals surface area (Å²) in [6.07, 6.45) is 0.241. The minimum Gasteiger partial charge on any atom is -0.480 e. The van der Waals surface area contributed by atoms with Crippen molar-refractivity contribution in [3.05, 3.63) is 77.9 Å². The van der Waals surface area contributed by atoms with Gasteiger partial charge in [-0.1, -0.05) is 36.4 Å². The summed E-state index contributed by atoms with van der Waals surface area (Å²) in [6, 6.07) is 14.9. The van der Waals surface area contributed by atoms with E-state index in [1.54, 1.807) is 36.4 Å². The summed E-state index contributed by atoms with van der Waals surface area (Å²) >= 11 is 0. The molecule has 190 valence electrons. The number of carbonyl (C=O) groups excluding carboxylic acids is 1. The lowest BCUT2D eigenvalue weighted by molar-refractivity contribution is -0.0496. The minimum absolute atomic E-state index is 0.155. The maximum Gasteiger partial charge on any atom is 0.450 e. The van der Waals surface area contributed by atoms with Crippen molar-refractivity contribution in [2.24, 2.45) is 5.73 Å². The SMILES string of the molecule is CS(=O)(=O)[N+](C(N)=O)(c1ccc2c(c1)C(c1ccccc1)Oc1cccc(OC(F)F)c1-2)S(C)(=O)=O. The molecule has 0 aliphatic carbocycles. The smallest absolute Gasteiger partial charge is 0.450 e. The van der Waals surface area contributed by atoms with Crippen molar-refractivity contribution < 1.29 is 39.9 Å². The second kappa shape index (κ2) is 8.84. The van der Waals surface area contributed by atoms with E-state index >= 15 is 0 Å². The molecule has 3 aromatic carbocycles. The highest BCUT2D eigenvalue weighted by Crippen LogP contribution is 2.50. The van der Waals surface area contributed by atoms with Gasteiger partial charge in [-0.15, -0.1) is 0 Å². The summed E-state index contributed by atoms with van der Waals surface area (Å²) in [7, 11) is -9.44. The van der Waals surface area contributed by atoms with Crippen molar-refractivity contribution in [3.63, 3.8) is 0 Å². The number of quaternary nitrogens is 1. The first-order valence-corrected chi connectivity index (χ1v) is 14.0. The van der Waals surface area contributed by atoms with Crippen LogP contribution in [-0.4, -0.2) is 42.0 Å². The Kier molecular flexibility index (Phi) is 6.27. The molecule has 1 aliphatic rings. The van der Waals surface area contributed by atoms with E-state index in [0.717, 1.165) is 6.07 Å². The number of carbonyl (C=O) groups is 1. The molecule has 9 nitrogen and oxygen atoms in total. The standard InChI is InChI=1S/C23H20F2N2O7S2/c1-35(29,30)27(23(26)28,36(2,31)32)15-11-12-16-17(13-15)21(14-7-4-3-5-8-14)33-18-9-6-10-19(20(16)18)34-22(24)25/h3-13,21-22H,1-2H3,(H-,26,28)/p+1. The Labute approximate surface area is 206 Å². The third-order valence-electron chi connectivity index (χ3n) is 5.70. The number of nitrogens with zero attached hydrogens (tertiary/aromatic N) is 1. The van der Waals surface area contributed by atoms with Crippen LogP contribution < -0.4 is 18.5 Å². The Morgan fingerprint density at radius 2 is 1.61 bits per heavy atom. The third-order valence-corrected chi connectivity index (χ3v) is 9.98. The first-order valence-electron chi connectivity index (χ1n) is 10.3. The van der Waals surface area contributed by atoms with Gasteiger partial charge >= 0.3 is 32.7 Å². The summed E-state index contributed by atoms with van der Waals surface area (Å²) in [6.45, 7) is -3.14. The van der Waals surface area contributed by atoms with Gasteiger partial charge in [0.15, 0.2) is 5.69 Å². The monoisotopic (exact) mass is 539 g/mol. The fourth-order valence-electron chi connectivity index (χ4n) is 4.40. The van der Waals surface area contributed by atoms with Crippen molar-refractivity contribution in [1.29, 1.82) is 0 Å². The molecule has 0 radical (unpaired) electrons. The number of benzene rings is 3. The average Bonchev–Trinajstić information content (AvgIpc) is 2.77. The number of hydrogen-bond acceptors (Lipinski definition) is 7. The highest BCUT2D eigenvalue weighted by molar-refractivity contribution is 8.07. The van der Waals surface area contributed by atoms with E-state index in [4.69, 9.17) is 10.5 Å². The lowest BCUT2D eigenvalue weighted by Crippen LogP contribution is -2.63. The number of primary amides is 1. The molecule has 0 fully saturated rings. The van der Waals surface area contributed by atoms with Crippen LogP contribution >= 0.6 is 0 Å². The predicted octanol–water partition coefficient (Wildman–Crippen LogP) is 3.74. The third kappa shape index (κ3) is 3.98. The van der Waals surface area contributed by atoms with Gasteiger partial charge in [0, 0.05) is 17.7 Å². The minimum atomic E-state index is -4.72. The van der Waals surface area contributed by atoms with Gasteiger partial charge in [0.05, 0.1) is 18.1 Å². The molecule has 2 N–H and O–H groups in total. The van der Waals surface area contributed by atoms with Crippen molar-refractivity contribution in [2.45, 2.75) is 12.7 Å². The van der Waals surface area contributed by atoms with Crippen LogP contribution in [0.1, 0.15) is 17.2 Å². The van der Waals surface area contributed by atoms with Crippen molar-refractivity contribution >= 4 is 31.8 Å². The number of urea groups is 1. The number of sulfonamides is 2. The zero-order valence-electron chi connectivity index (χ0n) is 19.0. The van der Waals surface area contributed by atoms with Gasteiger partial charge in [0.2, 0.25) is 0 Å². The number of hydrogen-bond donors (Lipinski definition) is 1. The lowest BCUT2D eigenvalue weighted by Gasteiger charge is -2.32. The molecule has 3 aromatic rings. The van der Waals surface area contributed by atoms with Crippen LogP contribution in [0, 0.1) is 0 Å². The van der Waals surface area contributed by atoms with Crippen LogP contribution in [-0.2, 0) is 20.0 Å². The second-order valence-electron chi connectivity index (χ2n) is 8.04. The topological polar surface area (TPSA) is 130 Å². The fourth-order valence-corrected chi connectivity index (χ4v) is 8.01. The van der Waals surface area contributed by atoms with Gasteiger partial charge in [-0.05, 0) is 32.6 Å². The van der Waals surface area contributed by atoms with Crippen molar-refractivity contribution in [1.82, 2.24) is 3.29 Å². The Hall–Kier alpha value is -3.55. The Balaban J connectivity index is 2.09. The normalized spacial score (nSPS) is 15.5. The molecule has 1 aliphatic heterocycles. The van der Waals surface area contributed by atoms with Gasteiger partial charge in [-0.3, -0.25) is 0 Å². The molecule has 0 saturated heterocycles. The molecule has 2 amide bonds. The van der Waals surface area contributed by atoms with Crippen LogP contribution in [0.15, 0.2) is 66.7 Å². The number of fused-ring (bicyclic) bond motifs is 3. The van der Waals surface area contributed by atoms with Crippen LogP contribution in [0.2, 0.25) is 0 Å². The molecule has 13 heteroatoms. The largest absolute Gasteiger partial charge is 0.480 e. The zero-order valence-corrected chi connectivity index (χ0v) is 20.6. The van der Waals surface area contributed by atoms with Crippen LogP contribution in [0.4, 0.5) is 19.3 Å². The molecule has 0 aromatic heterocycles. The van der Waals surface area contributed by atoms with Crippen molar-refractivity contribution in [2.75, 3.05) is 12.5 Å². The van der Waals surface area contributed by atoms with E-state index in [1.807, 2.05) is 0 Å². The Bertz CT molecular complexity index is 1530. The summed E-state index contributed by atoms with van der Waals surface area (Å²) in [5.41, 5.74) is 6.19. The maximum absolute atomic E-state index is 13.1. The molecule has 4 rings (SSSR count). The number of nitrogens with two attached hydrogens (primary N) is 1. The van der Waals surface area contributed by atoms with Gasteiger partial charge in [0.25, 0.3) is 0 Å². The Morgan fingerprint density at radius 3 is 2.17 bits per heavy atom. The summed E-state index contributed by atoms with van der Waals surface area (Å²) in [5, 5.41) is 0. The molecule has 1 unspecified atom stereocenters. The number of alkyl halides is 2. The fraction of sp³-hybridized carbons (Fsp3) is 0.174. The van der Waals surface area contributed by atoms with Crippen LogP contribution in [0.3, 0.4) is 0 Å². The van der Waals surface area contributed by atoms with E-state index in [1.165, 1.54) is 24.3 Å². The molecule has 0 saturated carbocycles. The summed E-state index contributed by atoms with van der Waals surface area (Å²) in [4.78, 5) is 12.5. The molecule has 1 atom stereocenters. The first-order chi connectivity index (χ1) is 16.8. The molecule has 1 heterocycles. The first kappa shape index (κ1) is 25.5. The maximum atomic E-state index is 13.1. The molecule has 0 spiro atoms. The molecule has 0 bridgehead atoms. The van der Waals surface area contributed by atoms with Gasteiger partial charge in [0.1, 0.15) is 17.6 Å². The molecular weight excluding hydrogens is 518 g/mol. The van der Waals surface area contributed by atoms with Crippen LogP contribution in [0.25, 0.3) is 11.1 Å². The molecular formula is C23H21F2N2O7S2+. The second-order valence-corrected chi connectivity index (χ2v) is 12.3. The number of rotatable bonds is 6.